The van der Waals surface area contributed by atoms with Gasteiger partial charge in [0, 0.05) is 6.54 Å². The Labute approximate surface area is 142 Å². The fourth-order valence-corrected chi connectivity index (χ4v) is 2.87. The molecule has 2 aromatic carbocycles. The molecule has 1 aliphatic heterocycles. The standard InChI is InChI=1S/C20H22N2O2/c1-15(2)17-11-9-16(10-12-17)14-21-24-20(23)22-13-5-7-18-6-3-4-8-19(18)22/h3-4,6,8-12,14-15H,5,7,13H2,1-2H3. The van der Waals surface area contributed by atoms with Crippen LogP contribution in [0.5, 0.6) is 0 Å². The highest BCUT2D eigenvalue weighted by Crippen LogP contribution is 2.27. The number of benzene rings is 2. The zero-order valence-electron chi connectivity index (χ0n) is 14.1. The molecule has 0 N–H and O–H groups in total. The van der Waals surface area contributed by atoms with Crippen LogP contribution in [0.3, 0.4) is 0 Å². The summed E-state index contributed by atoms with van der Waals surface area (Å²) in [6.07, 6.45) is 3.06. The van der Waals surface area contributed by atoms with Crippen LogP contribution in [-0.2, 0) is 11.3 Å². The minimum atomic E-state index is -0.433. The van der Waals surface area contributed by atoms with Crippen LogP contribution in [0.2, 0.25) is 0 Å². The van der Waals surface area contributed by atoms with Gasteiger partial charge in [0.1, 0.15) is 0 Å². The third-order valence-electron chi connectivity index (χ3n) is 4.27. The Morgan fingerprint density at radius 3 is 2.67 bits per heavy atom. The lowest BCUT2D eigenvalue weighted by atomic mass is 10.0. The first-order chi connectivity index (χ1) is 11.6. The van der Waals surface area contributed by atoms with Gasteiger partial charge < -0.3 is 0 Å². The van der Waals surface area contributed by atoms with Gasteiger partial charge in [-0.3, -0.25) is 9.74 Å². The summed E-state index contributed by atoms with van der Waals surface area (Å²) in [6, 6.07) is 16.0. The van der Waals surface area contributed by atoms with Gasteiger partial charge in [-0.15, -0.1) is 0 Å². The summed E-state index contributed by atoms with van der Waals surface area (Å²) in [5, 5.41) is 3.85. The largest absolute Gasteiger partial charge is 0.440 e. The van der Waals surface area contributed by atoms with Crippen molar-refractivity contribution in [3.05, 3.63) is 65.2 Å². The number of oxime groups is 1. The molecule has 0 saturated heterocycles. The zero-order valence-corrected chi connectivity index (χ0v) is 14.1. The van der Waals surface area contributed by atoms with E-state index in [-0.39, 0.29) is 0 Å². The van der Waals surface area contributed by atoms with E-state index in [0.717, 1.165) is 24.1 Å². The quantitative estimate of drug-likeness (QED) is 0.465. The number of carbonyl (C=O) groups is 1. The summed E-state index contributed by atoms with van der Waals surface area (Å²) in [7, 11) is 0. The lowest BCUT2D eigenvalue weighted by molar-refractivity contribution is 0.158. The Bertz CT molecular complexity index is 736. The molecule has 0 aromatic heterocycles. The molecule has 3 rings (SSSR count). The number of para-hydroxylation sites is 1. The Morgan fingerprint density at radius 1 is 1.17 bits per heavy atom. The van der Waals surface area contributed by atoms with Crippen molar-refractivity contribution in [2.45, 2.75) is 32.6 Å². The second-order valence-corrected chi connectivity index (χ2v) is 6.30. The second-order valence-electron chi connectivity index (χ2n) is 6.30. The fraction of sp³-hybridized carbons (Fsp3) is 0.300. The van der Waals surface area contributed by atoms with Crippen LogP contribution in [0, 0.1) is 0 Å². The monoisotopic (exact) mass is 322 g/mol. The van der Waals surface area contributed by atoms with E-state index in [0.29, 0.717) is 12.5 Å². The number of fused-ring (bicyclic) bond motifs is 1. The van der Waals surface area contributed by atoms with Crippen LogP contribution in [0.1, 0.15) is 42.9 Å². The van der Waals surface area contributed by atoms with E-state index in [1.54, 1.807) is 11.1 Å². The van der Waals surface area contributed by atoms with Gasteiger partial charge in [0.25, 0.3) is 0 Å². The van der Waals surface area contributed by atoms with E-state index in [9.17, 15) is 4.79 Å². The van der Waals surface area contributed by atoms with Crippen LogP contribution >= 0.6 is 0 Å². The first-order valence-electron chi connectivity index (χ1n) is 8.35. The molecule has 124 valence electrons. The Balaban J connectivity index is 1.63. The van der Waals surface area contributed by atoms with Gasteiger partial charge in [0.2, 0.25) is 0 Å². The molecular formula is C20H22N2O2. The second kappa shape index (κ2) is 7.30. The molecule has 0 atom stereocenters. The third kappa shape index (κ3) is 3.65. The van der Waals surface area contributed by atoms with E-state index in [1.807, 2.05) is 36.4 Å². The van der Waals surface area contributed by atoms with Crippen molar-refractivity contribution in [1.82, 2.24) is 0 Å². The number of nitrogens with zero attached hydrogens (tertiary/aromatic N) is 2. The van der Waals surface area contributed by atoms with Gasteiger partial charge in [-0.25, -0.2) is 4.79 Å². The van der Waals surface area contributed by atoms with Crippen molar-refractivity contribution in [2.24, 2.45) is 5.16 Å². The average molecular weight is 322 g/mol. The third-order valence-corrected chi connectivity index (χ3v) is 4.27. The van der Waals surface area contributed by atoms with Gasteiger partial charge in [-0.2, -0.15) is 0 Å². The van der Waals surface area contributed by atoms with E-state index in [4.69, 9.17) is 4.84 Å². The molecule has 0 saturated carbocycles. The summed E-state index contributed by atoms with van der Waals surface area (Å²) >= 11 is 0. The summed E-state index contributed by atoms with van der Waals surface area (Å²) in [6.45, 7) is 4.97. The molecule has 1 heterocycles. The highest BCUT2D eigenvalue weighted by atomic mass is 16.7. The molecule has 0 aliphatic carbocycles. The predicted octanol–water partition coefficient (Wildman–Crippen LogP) is 4.73. The average Bonchev–Trinajstić information content (AvgIpc) is 2.61. The van der Waals surface area contributed by atoms with Crippen molar-refractivity contribution >= 4 is 18.0 Å². The number of aryl methyl sites for hydroxylation is 1. The normalized spacial score (nSPS) is 14.0. The van der Waals surface area contributed by atoms with Crippen molar-refractivity contribution in [2.75, 3.05) is 11.4 Å². The summed E-state index contributed by atoms with van der Waals surface area (Å²) in [4.78, 5) is 19.0. The zero-order chi connectivity index (χ0) is 16.9. The minimum Gasteiger partial charge on any atom is -0.298 e. The fourth-order valence-electron chi connectivity index (χ4n) is 2.87. The number of amides is 1. The molecule has 1 aliphatic rings. The van der Waals surface area contributed by atoms with Crippen molar-refractivity contribution in [1.29, 1.82) is 0 Å². The summed E-state index contributed by atoms with van der Waals surface area (Å²) in [5.74, 6) is 0.494. The lowest BCUT2D eigenvalue weighted by Gasteiger charge is -2.27. The molecule has 0 radical (unpaired) electrons. The van der Waals surface area contributed by atoms with Crippen LogP contribution in [0.25, 0.3) is 0 Å². The van der Waals surface area contributed by atoms with Gasteiger partial charge in [-0.1, -0.05) is 61.5 Å². The number of anilines is 1. The molecule has 0 fully saturated rings. The number of hydrogen-bond donors (Lipinski definition) is 0. The molecule has 4 nitrogen and oxygen atoms in total. The van der Waals surface area contributed by atoms with Crippen LogP contribution < -0.4 is 4.90 Å². The number of hydrogen-bond acceptors (Lipinski definition) is 3. The molecule has 0 bridgehead atoms. The molecule has 0 spiro atoms. The number of carbonyl (C=O) groups excluding carboxylic acids is 1. The van der Waals surface area contributed by atoms with E-state index in [2.05, 4.69) is 31.1 Å². The molecule has 2 aromatic rings. The molecule has 0 unspecified atom stereocenters. The summed E-state index contributed by atoms with van der Waals surface area (Å²) in [5.41, 5.74) is 4.28. The number of rotatable bonds is 3. The first-order valence-corrected chi connectivity index (χ1v) is 8.35. The smallest absolute Gasteiger partial charge is 0.298 e. The molecule has 1 amide bonds. The molecule has 24 heavy (non-hydrogen) atoms. The van der Waals surface area contributed by atoms with Gasteiger partial charge in [0.15, 0.2) is 0 Å². The highest BCUT2D eigenvalue weighted by Gasteiger charge is 2.23. The first kappa shape index (κ1) is 16.2. The maximum Gasteiger partial charge on any atom is 0.440 e. The Kier molecular flexibility index (Phi) is 4.94. The Morgan fingerprint density at radius 2 is 1.92 bits per heavy atom. The van der Waals surface area contributed by atoms with E-state index < -0.39 is 6.09 Å². The van der Waals surface area contributed by atoms with E-state index >= 15 is 0 Å². The molecule has 4 heteroatoms. The maximum atomic E-state index is 12.3. The van der Waals surface area contributed by atoms with Crippen molar-refractivity contribution in [3.8, 4) is 0 Å². The molecular weight excluding hydrogens is 300 g/mol. The topological polar surface area (TPSA) is 41.9 Å². The Hall–Kier alpha value is -2.62. The SMILES string of the molecule is CC(C)c1ccc(C=NOC(=O)N2CCCc3ccccc32)cc1. The highest BCUT2D eigenvalue weighted by molar-refractivity contribution is 5.89. The van der Waals surface area contributed by atoms with Crippen LogP contribution in [0.15, 0.2) is 53.7 Å². The van der Waals surface area contributed by atoms with Crippen LogP contribution in [0.4, 0.5) is 10.5 Å². The minimum absolute atomic E-state index is 0.433. The van der Waals surface area contributed by atoms with Gasteiger partial charge >= 0.3 is 6.09 Å². The van der Waals surface area contributed by atoms with E-state index in [1.165, 1.54) is 11.1 Å². The van der Waals surface area contributed by atoms with Gasteiger partial charge in [-0.05, 0) is 41.5 Å². The van der Waals surface area contributed by atoms with Crippen molar-refractivity contribution in [3.63, 3.8) is 0 Å². The van der Waals surface area contributed by atoms with Crippen LogP contribution in [-0.4, -0.2) is 18.9 Å². The lowest BCUT2D eigenvalue weighted by Crippen LogP contribution is -2.35. The van der Waals surface area contributed by atoms with Gasteiger partial charge in [0.05, 0.1) is 11.9 Å². The van der Waals surface area contributed by atoms with Crippen molar-refractivity contribution < 1.29 is 9.63 Å². The predicted molar refractivity (Wildman–Crippen MR) is 96.7 cm³/mol. The summed E-state index contributed by atoms with van der Waals surface area (Å²) < 4.78 is 0. The maximum absolute atomic E-state index is 12.3.